The molecule has 0 fully saturated rings. The number of ether oxygens (including phenoxy) is 1. The lowest BCUT2D eigenvalue weighted by molar-refractivity contribution is 0.0148. The van der Waals surface area contributed by atoms with Crippen LogP contribution >= 0.6 is 0 Å². The normalized spacial score (nSPS) is 15.0. The molecule has 0 saturated carbocycles. The number of aliphatic hydroxyl groups is 2. The predicted octanol–water partition coefficient (Wildman–Crippen LogP) is 10.7. The Hall–Kier alpha value is -1.94. The zero-order valence-electron chi connectivity index (χ0n) is 28.0. The maximum atomic E-state index is 9.28. The van der Waals surface area contributed by atoms with Crippen LogP contribution < -0.4 is 0 Å². The SMILES string of the molecule is CC(C)=CCC/C(C)=C/CC/C(C)=C/CC/C(C)=C/CC/C(C)=C/CC/C(C)=C/CC/C(C)=C/COCC(O)CO. The minimum absolute atomic E-state index is 0.176. The van der Waals surface area contributed by atoms with Crippen molar-refractivity contribution in [3.8, 4) is 0 Å². The van der Waals surface area contributed by atoms with Crippen LogP contribution in [0.5, 0.6) is 0 Å². The minimum atomic E-state index is -0.787. The van der Waals surface area contributed by atoms with E-state index in [1.165, 1.54) is 51.9 Å². The third kappa shape index (κ3) is 26.7. The van der Waals surface area contributed by atoms with Gasteiger partial charge in [-0.15, -0.1) is 0 Å². The molecule has 2 N–H and O–H groups in total. The Morgan fingerprint density at radius 3 is 1.07 bits per heavy atom. The zero-order valence-corrected chi connectivity index (χ0v) is 28.0. The van der Waals surface area contributed by atoms with Gasteiger partial charge in [0, 0.05) is 0 Å². The van der Waals surface area contributed by atoms with E-state index < -0.39 is 6.10 Å². The predicted molar refractivity (Wildman–Crippen MR) is 181 cm³/mol. The maximum absolute atomic E-state index is 9.28. The van der Waals surface area contributed by atoms with E-state index in [4.69, 9.17) is 9.84 Å². The van der Waals surface area contributed by atoms with E-state index in [0.29, 0.717) is 6.61 Å². The summed E-state index contributed by atoms with van der Waals surface area (Å²) in [5.74, 6) is 0. The summed E-state index contributed by atoms with van der Waals surface area (Å²) in [6.45, 7) is 18.2. The van der Waals surface area contributed by atoms with Crippen molar-refractivity contribution in [2.75, 3.05) is 19.8 Å². The number of aliphatic hydroxyl groups excluding tert-OH is 2. The second-order valence-electron chi connectivity index (χ2n) is 12.2. The van der Waals surface area contributed by atoms with Crippen molar-refractivity contribution >= 4 is 0 Å². The average Bonchev–Trinajstić information content (AvgIpc) is 2.90. The van der Waals surface area contributed by atoms with Gasteiger partial charge in [0.05, 0.1) is 19.8 Å². The minimum Gasteiger partial charge on any atom is -0.394 e. The molecule has 0 aromatic rings. The fourth-order valence-electron chi connectivity index (χ4n) is 4.39. The Morgan fingerprint density at radius 1 is 0.488 bits per heavy atom. The van der Waals surface area contributed by atoms with Gasteiger partial charge in [0.1, 0.15) is 6.10 Å². The smallest absolute Gasteiger partial charge is 0.100 e. The lowest BCUT2D eigenvalue weighted by Crippen LogP contribution is -2.19. The molecule has 234 valence electrons. The molecule has 1 atom stereocenters. The van der Waals surface area contributed by atoms with Crippen LogP contribution in [0.3, 0.4) is 0 Å². The lowest BCUT2D eigenvalue weighted by Gasteiger charge is -2.06. The third-order valence-electron chi connectivity index (χ3n) is 7.32. The maximum Gasteiger partial charge on any atom is 0.100 e. The van der Waals surface area contributed by atoms with E-state index in [1.54, 1.807) is 0 Å². The molecule has 0 aromatic carbocycles. The Labute approximate surface area is 254 Å². The highest BCUT2D eigenvalue weighted by atomic mass is 16.5. The summed E-state index contributed by atoms with van der Waals surface area (Å²) in [7, 11) is 0. The molecule has 0 saturated heterocycles. The molecule has 41 heavy (non-hydrogen) atoms. The van der Waals surface area contributed by atoms with E-state index >= 15 is 0 Å². The van der Waals surface area contributed by atoms with Crippen molar-refractivity contribution in [1.82, 2.24) is 0 Å². The average molecular weight is 569 g/mol. The van der Waals surface area contributed by atoms with Gasteiger partial charge < -0.3 is 14.9 Å². The van der Waals surface area contributed by atoms with Crippen LogP contribution in [-0.2, 0) is 4.74 Å². The molecule has 0 bridgehead atoms. The van der Waals surface area contributed by atoms with Gasteiger partial charge in [-0.1, -0.05) is 81.5 Å². The van der Waals surface area contributed by atoms with Crippen LogP contribution in [0.1, 0.15) is 132 Å². The Bertz CT molecular complexity index is 904. The zero-order chi connectivity index (χ0) is 30.9. The largest absolute Gasteiger partial charge is 0.394 e. The fourth-order valence-corrected chi connectivity index (χ4v) is 4.39. The Balaban J connectivity index is 4.14. The fraction of sp³-hybridized carbons (Fsp3) is 0.632. The second-order valence-corrected chi connectivity index (χ2v) is 12.2. The van der Waals surface area contributed by atoms with E-state index in [0.717, 1.165) is 64.2 Å². The lowest BCUT2D eigenvalue weighted by atomic mass is 10.0. The molecule has 0 aliphatic heterocycles. The summed E-state index contributed by atoms with van der Waals surface area (Å²) in [6.07, 6.45) is 29.2. The van der Waals surface area contributed by atoms with Crippen molar-refractivity contribution in [2.45, 2.75) is 139 Å². The van der Waals surface area contributed by atoms with Crippen molar-refractivity contribution in [3.63, 3.8) is 0 Å². The molecule has 0 heterocycles. The standard InChI is InChI=1S/C38H64O3/c1-31(2)15-9-16-32(3)17-10-18-33(4)19-11-20-34(5)21-12-22-35(6)23-13-24-36(7)25-14-26-37(8)27-28-41-30-38(40)29-39/h15,17,19,21,23,25,27,38-40H,9-14,16,18,20,22,24,26,28-30H2,1-8H3/b32-17+,33-19+,34-21+,35-23+,36-25+,37-27+. The van der Waals surface area contributed by atoms with Gasteiger partial charge in [-0.3, -0.25) is 0 Å². The summed E-state index contributed by atoms with van der Waals surface area (Å²) >= 11 is 0. The third-order valence-corrected chi connectivity index (χ3v) is 7.32. The van der Waals surface area contributed by atoms with Crippen LogP contribution in [-0.4, -0.2) is 36.1 Å². The first-order valence-corrected chi connectivity index (χ1v) is 16.0. The van der Waals surface area contributed by atoms with E-state index in [2.05, 4.69) is 97.9 Å². The molecule has 0 rings (SSSR count). The van der Waals surface area contributed by atoms with Crippen molar-refractivity contribution in [2.24, 2.45) is 0 Å². The van der Waals surface area contributed by atoms with Crippen molar-refractivity contribution in [3.05, 3.63) is 81.5 Å². The monoisotopic (exact) mass is 568 g/mol. The highest BCUT2D eigenvalue weighted by Gasteiger charge is 2.00. The van der Waals surface area contributed by atoms with Gasteiger partial charge in [-0.25, -0.2) is 0 Å². The quantitative estimate of drug-likeness (QED) is 0.0952. The van der Waals surface area contributed by atoms with Gasteiger partial charge in [0.25, 0.3) is 0 Å². The summed E-state index contributed by atoms with van der Waals surface area (Å²) in [5.41, 5.74) is 10.2. The van der Waals surface area contributed by atoms with E-state index in [1.807, 2.05) is 0 Å². The molecule has 0 aliphatic carbocycles. The molecule has 0 amide bonds. The summed E-state index contributed by atoms with van der Waals surface area (Å²) in [6, 6.07) is 0. The number of rotatable bonds is 23. The van der Waals surface area contributed by atoms with Gasteiger partial charge in [-0.2, -0.15) is 0 Å². The van der Waals surface area contributed by atoms with Gasteiger partial charge in [-0.05, 0) is 132 Å². The summed E-state index contributed by atoms with van der Waals surface area (Å²) < 4.78 is 5.34. The molecule has 1 unspecified atom stereocenters. The first kappa shape index (κ1) is 39.1. The number of allylic oxidation sites excluding steroid dienone is 13. The van der Waals surface area contributed by atoms with Crippen LogP contribution in [0.15, 0.2) is 81.5 Å². The van der Waals surface area contributed by atoms with Crippen molar-refractivity contribution in [1.29, 1.82) is 0 Å². The highest BCUT2D eigenvalue weighted by Crippen LogP contribution is 2.16. The molecule has 0 radical (unpaired) electrons. The van der Waals surface area contributed by atoms with Gasteiger partial charge in [0.15, 0.2) is 0 Å². The highest BCUT2D eigenvalue weighted by molar-refractivity contribution is 5.09. The first-order chi connectivity index (χ1) is 19.5. The molecular formula is C38H64O3. The Morgan fingerprint density at radius 2 is 0.780 bits per heavy atom. The van der Waals surface area contributed by atoms with Gasteiger partial charge in [0.2, 0.25) is 0 Å². The molecule has 3 heteroatoms. The summed E-state index contributed by atoms with van der Waals surface area (Å²) in [4.78, 5) is 0. The van der Waals surface area contributed by atoms with Crippen molar-refractivity contribution < 1.29 is 14.9 Å². The van der Waals surface area contributed by atoms with Crippen LogP contribution in [0.4, 0.5) is 0 Å². The Kier molecular flexibility index (Phi) is 24.5. The van der Waals surface area contributed by atoms with Crippen LogP contribution in [0, 0.1) is 0 Å². The van der Waals surface area contributed by atoms with Gasteiger partial charge >= 0.3 is 0 Å². The molecule has 0 aliphatic rings. The van der Waals surface area contributed by atoms with Crippen LogP contribution in [0.25, 0.3) is 0 Å². The first-order valence-electron chi connectivity index (χ1n) is 16.0. The molecule has 3 nitrogen and oxygen atoms in total. The topological polar surface area (TPSA) is 49.7 Å². The number of hydrogen-bond acceptors (Lipinski definition) is 3. The molecule has 0 aromatic heterocycles. The van der Waals surface area contributed by atoms with E-state index in [-0.39, 0.29) is 13.2 Å². The van der Waals surface area contributed by atoms with Crippen LogP contribution in [0.2, 0.25) is 0 Å². The summed E-state index contributed by atoms with van der Waals surface area (Å²) in [5, 5.41) is 18.1. The molecular weight excluding hydrogens is 504 g/mol. The molecule has 0 spiro atoms. The second kappa shape index (κ2) is 25.7. The number of hydrogen-bond donors (Lipinski definition) is 2. The van der Waals surface area contributed by atoms with E-state index in [9.17, 15) is 5.11 Å².